The van der Waals surface area contributed by atoms with Crippen LogP contribution in [0, 0.1) is 0 Å². The smallest absolute Gasteiger partial charge is 0.234 e. The number of likely N-dealkylation sites (tertiary alicyclic amines) is 1. The molecule has 0 bridgehead atoms. The molecule has 1 amide bonds. The van der Waals surface area contributed by atoms with E-state index in [0.717, 1.165) is 52.2 Å². The highest BCUT2D eigenvalue weighted by atomic mass is 16.5. The Labute approximate surface area is 139 Å². The summed E-state index contributed by atoms with van der Waals surface area (Å²) in [6.45, 7) is 12.9. The van der Waals surface area contributed by atoms with E-state index in [-0.39, 0.29) is 10.2 Å². The fourth-order valence-electron chi connectivity index (χ4n) is 2.53. The molecule has 0 spiro atoms. The molecular weight excluding hydrogens is 280 g/mol. The second kappa shape index (κ2) is 11.8. The fraction of sp³-hybridized carbons (Fsp3) is 0.938. The van der Waals surface area contributed by atoms with Crippen LogP contribution in [0.5, 0.6) is 0 Å². The maximum absolute atomic E-state index is 11.9. The molecule has 0 aromatic carbocycles. The minimum Gasteiger partial charge on any atom is -0.377 e. The first kappa shape index (κ1) is 19.4. The Bertz CT molecular complexity index is 305. The molecule has 136 valence electrons. The Kier molecular flexibility index (Phi) is 10.4. The Morgan fingerprint density at radius 2 is 2.00 bits per heavy atom. The van der Waals surface area contributed by atoms with Crippen LogP contribution in [0.25, 0.3) is 0 Å². The topological polar surface area (TPSA) is 65.6 Å². The van der Waals surface area contributed by atoms with Gasteiger partial charge in [0.25, 0.3) is 0 Å². The summed E-state index contributed by atoms with van der Waals surface area (Å²) < 4.78 is 5.84. The van der Waals surface area contributed by atoms with Crippen LogP contribution in [0.1, 0.15) is 37.9 Å². The summed E-state index contributed by atoms with van der Waals surface area (Å²) in [6.07, 6.45) is 2.40. The van der Waals surface area contributed by atoms with Crippen molar-refractivity contribution in [3.8, 4) is 0 Å². The van der Waals surface area contributed by atoms with Gasteiger partial charge in [-0.05, 0) is 19.4 Å². The molecule has 1 fully saturated rings. The van der Waals surface area contributed by atoms with Crippen LogP contribution in [0.2, 0.25) is 0 Å². The van der Waals surface area contributed by atoms with Crippen LogP contribution in [-0.2, 0) is 9.53 Å². The van der Waals surface area contributed by atoms with E-state index in [2.05, 4.69) is 41.6 Å². The minimum absolute atomic E-state index is 0. The first-order valence-electron chi connectivity index (χ1n) is 8.66. The van der Waals surface area contributed by atoms with Crippen LogP contribution >= 0.6 is 0 Å². The number of ether oxygens (including phenoxy) is 1. The first-order valence-corrected chi connectivity index (χ1v) is 8.66. The molecular formula is C16H40N4O2. The Morgan fingerprint density at radius 3 is 2.64 bits per heavy atom. The van der Waals surface area contributed by atoms with Crippen LogP contribution in [-0.4, -0.2) is 75.4 Å². The number of amides is 1. The number of rotatable bonds is 11. The molecule has 0 aliphatic carbocycles. The molecule has 1 saturated heterocycles. The van der Waals surface area contributed by atoms with Crippen molar-refractivity contribution in [1.29, 1.82) is 0 Å². The highest BCUT2D eigenvalue weighted by Crippen LogP contribution is 2.12. The maximum Gasteiger partial charge on any atom is 0.234 e. The summed E-state index contributed by atoms with van der Waals surface area (Å²) >= 11 is 0. The average Bonchev–Trinajstić information content (AvgIpc) is 2.49. The molecule has 6 heteroatoms. The van der Waals surface area contributed by atoms with Crippen molar-refractivity contribution in [2.24, 2.45) is 0 Å². The molecule has 0 aromatic heterocycles. The lowest BCUT2D eigenvalue weighted by molar-refractivity contribution is -0.122. The van der Waals surface area contributed by atoms with Gasteiger partial charge < -0.3 is 20.7 Å². The molecule has 6 nitrogen and oxygen atoms in total. The van der Waals surface area contributed by atoms with Gasteiger partial charge in [0.1, 0.15) is 0 Å². The van der Waals surface area contributed by atoms with Gasteiger partial charge in [0.15, 0.2) is 0 Å². The van der Waals surface area contributed by atoms with Crippen molar-refractivity contribution in [3.05, 3.63) is 0 Å². The largest absolute Gasteiger partial charge is 0.377 e. The summed E-state index contributed by atoms with van der Waals surface area (Å²) in [7, 11) is 0. The van der Waals surface area contributed by atoms with E-state index >= 15 is 0 Å². The maximum atomic E-state index is 11.9. The third kappa shape index (κ3) is 9.35. The third-order valence-corrected chi connectivity index (χ3v) is 3.78. The zero-order valence-electron chi connectivity index (χ0n) is 14.5. The molecule has 0 radical (unpaired) electrons. The number of likely N-dealkylation sites (N-methyl/N-ethyl adjacent to an activating group) is 1. The highest BCUT2D eigenvalue weighted by molar-refractivity contribution is 5.78. The lowest BCUT2D eigenvalue weighted by atomic mass is 10.1. The van der Waals surface area contributed by atoms with E-state index in [9.17, 15) is 4.79 Å². The van der Waals surface area contributed by atoms with E-state index in [1.54, 1.807) is 0 Å². The van der Waals surface area contributed by atoms with Crippen LogP contribution in [0.3, 0.4) is 0 Å². The number of hydrogen-bond acceptors (Lipinski definition) is 5. The minimum atomic E-state index is 0. The zero-order chi connectivity index (χ0) is 16.2. The molecule has 1 aliphatic heterocycles. The van der Waals surface area contributed by atoms with Crippen molar-refractivity contribution >= 4 is 5.91 Å². The predicted octanol–water partition coefficient (Wildman–Crippen LogP) is 0.929. The van der Waals surface area contributed by atoms with E-state index in [4.69, 9.17) is 4.74 Å². The van der Waals surface area contributed by atoms with Gasteiger partial charge in [0.2, 0.25) is 5.91 Å². The van der Waals surface area contributed by atoms with Gasteiger partial charge >= 0.3 is 0 Å². The molecule has 1 aliphatic rings. The van der Waals surface area contributed by atoms with Gasteiger partial charge in [-0.1, -0.05) is 20.8 Å². The lowest BCUT2D eigenvalue weighted by Crippen LogP contribution is -2.44. The second-order valence-corrected chi connectivity index (χ2v) is 6.16. The SMILES string of the molecule is CCNCCOC1CCN(CC(=O)NCCNC(C)C)CC1.[HH].[HH].[HH]. The van der Waals surface area contributed by atoms with Gasteiger partial charge in [-0.25, -0.2) is 0 Å². The predicted molar refractivity (Wildman–Crippen MR) is 96.4 cm³/mol. The molecule has 22 heavy (non-hydrogen) atoms. The van der Waals surface area contributed by atoms with Crippen LogP contribution in [0.4, 0.5) is 0 Å². The number of piperidine rings is 1. The van der Waals surface area contributed by atoms with Crippen molar-refractivity contribution in [1.82, 2.24) is 20.9 Å². The third-order valence-electron chi connectivity index (χ3n) is 3.78. The molecule has 0 atom stereocenters. The normalized spacial score (nSPS) is 17.1. The summed E-state index contributed by atoms with van der Waals surface area (Å²) in [5.74, 6) is 0.122. The monoisotopic (exact) mass is 320 g/mol. The quantitative estimate of drug-likeness (QED) is 0.494. The van der Waals surface area contributed by atoms with Gasteiger partial charge in [-0.3, -0.25) is 9.69 Å². The van der Waals surface area contributed by atoms with Gasteiger partial charge in [-0.2, -0.15) is 0 Å². The molecule has 0 aromatic rings. The first-order chi connectivity index (χ1) is 10.6. The number of hydrogen-bond donors (Lipinski definition) is 3. The number of carbonyl (C=O) groups is 1. The van der Waals surface area contributed by atoms with E-state index in [1.165, 1.54) is 0 Å². The number of nitrogens with one attached hydrogen (secondary N) is 3. The van der Waals surface area contributed by atoms with Crippen LogP contribution < -0.4 is 16.0 Å². The van der Waals surface area contributed by atoms with E-state index in [1.807, 2.05) is 0 Å². The van der Waals surface area contributed by atoms with Gasteiger partial charge in [0.05, 0.1) is 19.3 Å². The molecule has 1 rings (SSSR count). The summed E-state index contributed by atoms with van der Waals surface area (Å²) in [4.78, 5) is 14.1. The lowest BCUT2D eigenvalue weighted by Gasteiger charge is -2.31. The summed E-state index contributed by atoms with van der Waals surface area (Å²) in [6, 6.07) is 0.462. The number of nitrogens with zero attached hydrogens (tertiary/aromatic N) is 1. The number of carbonyl (C=O) groups excluding carboxylic acids is 1. The Hall–Kier alpha value is -0.690. The molecule has 0 saturated carbocycles. The van der Waals surface area contributed by atoms with Crippen LogP contribution in [0.15, 0.2) is 0 Å². The van der Waals surface area contributed by atoms with Crippen molar-refractivity contribution in [3.63, 3.8) is 0 Å². The van der Waals surface area contributed by atoms with E-state index in [0.29, 0.717) is 25.2 Å². The van der Waals surface area contributed by atoms with Gasteiger partial charge in [-0.15, -0.1) is 0 Å². The summed E-state index contributed by atoms with van der Waals surface area (Å²) in [5.41, 5.74) is 0. The average molecular weight is 321 g/mol. The van der Waals surface area contributed by atoms with E-state index < -0.39 is 0 Å². The molecule has 3 N–H and O–H groups in total. The Balaban J connectivity index is -0.00000161. The second-order valence-electron chi connectivity index (χ2n) is 6.16. The zero-order valence-corrected chi connectivity index (χ0v) is 14.5. The summed E-state index contributed by atoms with van der Waals surface area (Å²) in [5, 5.41) is 9.51. The molecule has 0 unspecified atom stereocenters. The van der Waals surface area contributed by atoms with Crippen molar-refractivity contribution < 1.29 is 13.8 Å². The fourth-order valence-corrected chi connectivity index (χ4v) is 2.53. The molecule has 1 heterocycles. The Morgan fingerprint density at radius 1 is 1.27 bits per heavy atom. The standard InChI is InChI=1S/C16H34N4O2.3H2/c1-4-17-9-12-22-15-5-10-20(11-6-15)13-16(21)19-8-7-18-14(2)3;;;/h14-15,17-18H,4-13H2,1-3H3,(H,19,21);3*1H. The van der Waals surface area contributed by atoms with Gasteiger partial charge in [0, 0.05) is 43.0 Å². The highest BCUT2D eigenvalue weighted by Gasteiger charge is 2.20. The van der Waals surface area contributed by atoms with Crippen molar-refractivity contribution in [2.45, 2.75) is 45.8 Å². The van der Waals surface area contributed by atoms with Crippen molar-refractivity contribution in [2.75, 3.05) is 52.4 Å².